The first-order valence-electron chi connectivity index (χ1n) is 11.9. The number of thioether (sulfide) groups is 1. The standard InChI is InChI=1S/C30H26N2O6S/c1-37-25-17-10-21(18-26(25)38-2)28(33)31-23-13-15-24(16-14-23)39-27(19-6-4-3-5-7-19)29(34)32-22-11-8-20(9-12-22)30(35)36/h3-18,27H,1-2H3,(H,31,33)(H,32,34)(H,35,36). The summed E-state index contributed by atoms with van der Waals surface area (Å²) in [6, 6.07) is 27.5. The maximum absolute atomic E-state index is 13.3. The van der Waals surface area contributed by atoms with Gasteiger partial charge in [0.25, 0.3) is 5.91 Å². The van der Waals surface area contributed by atoms with Crippen molar-refractivity contribution >= 4 is 40.9 Å². The summed E-state index contributed by atoms with van der Waals surface area (Å²) in [6.45, 7) is 0. The molecule has 0 heterocycles. The van der Waals surface area contributed by atoms with Crippen molar-refractivity contribution in [2.75, 3.05) is 24.9 Å². The van der Waals surface area contributed by atoms with Crippen molar-refractivity contribution < 1.29 is 29.0 Å². The Balaban J connectivity index is 1.47. The average Bonchev–Trinajstić information content (AvgIpc) is 2.97. The van der Waals surface area contributed by atoms with Gasteiger partial charge in [-0.2, -0.15) is 0 Å². The van der Waals surface area contributed by atoms with E-state index in [2.05, 4.69) is 10.6 Å². The summed E-state index contributed by atoms with van der Waals surface area (Å²) in [5.74, 6) is -0.592. The second-order valence-corrected chi connectivity index (χ2v) is 9.51. The molecule has 4 aromatic carbocycles. The number of aromatic carboxylic acids is 1. The van der Waals surface area contributed by atoms with Crippen LogP contribution >= 0.6 is 11.8 Å². The number of hydrogen-bond donors (Lipinski definition) is 3. The Hall–Kier alpha value is -4.76. The predicted molar refractivity (Wildman–Crippen MR) is 151 cm³/mol. The quantitative estimate of drug-likeness (QED) is 0.207. The summed E-state index contributed by atoms with van der Waals surface area (Å²) in [4.78, 5) is 38.0. The molecule has 9 heteroatoms. The normalized spacial score (nSPS) is 11.2. The number of nitrogens with one attached hydrogen (secondary N) is 2. The SMILES string of the molecule is COc1ccc(C(=O)Nc2ccc(SC(C(=O)Nc3ccc(C(=O)O)cc3)c3ccccc3)cc2)cc1OC. The highest BCUT2D eigenvalue weighted by molar-refractivity contribution is 8.00. The molecule has 0 aromatic heterocycles. The summed E-state index contributed by atoms with van der Waals surface area (Å²) < 4.78 is 10.5. The van der Waals surface area contributed by atoms with Crippen LogP contribution in [-0.4, -0.2) is 37.1 Å². The minimum Gasteiger partial charge on any atom is -0.493 e. The lowest BCUT2D eigenvalue weighted by Gasteiger charge is -2.17. The molecule has 39 heavy (non-hydrogen) atoms. The molecular formula is C30H26N2O6S. The van der Waals surface area contributed by atoms with Crippen LogP contribution in [0.15, 0.2) is 102 Å². The van der Waals surface area contributed by atoms with E-state index in [-0.39, 0.29) is 17.4 Å². The Kier molecular flexibility index (Phi) is 8.86. The molecular weight excluding hydrogens is 516 g/mol. The first-order valence-corrected chi connectivity index (χ1v) is 12.7. The molecule has 0 spiro atoms. The number of anilines is 2. The molecule has 4 aromatic rings. The molecule has 0 radical (unpaired) electrons. The Morgan fingerprint density at radius 1 is 0.718 bits per heavy atom. The van der Waals surface area contributed by atoms with E-state index in [9.17, 15) is 14.4 Å². The fraction of sp³-hybridized carbons (Fsp3) is 0.100. The molecule has 0 aliphatic carbocycles. The third-order valence-electron chi connectivity index (χ3n) is 5.75. The number of hydrogen-bond acceptors (Lipinski definition) is 6. The van der Waals surface area contributed by atoms with E-state index in [1.807, 2.05) is 42.5 Å². The van der Waals surface area contributed by atoms with Crippen LogP contribution < -0.4 is 20.1 Å². The van der Waals surface area contributed by atoms with E-state index in [1.54, 1.807) is 42.5 Å². The molecule has 0 bridgehead atoms. The number of carboxylic acids is 1. The molecule has 198 valence electrons. The summed E-state index contributed by atoms with van der Waals surface area (Å²) >= 11 is 1.36. The van der Waals surface area contributed by atoms with Crippen molar-refractivity contribution in [1.29, 1.82) is 0 Å². The highest BCUT2D eigenvalue weighted by atomic mass is 32.2. The smallest absolute Gasteiger partial charge is 0.335 e. The number of ether oxygens (including phenoxy) is 2. The van der Waals surface area contributed by atoms with Gasteiger partial charge >= 0.3 is 5.97 Å². The Morgan fingerprint density at radius 2 is 1.31 bits per heavy atom. The van der Waals surface area contributed by atoms with Crippen LogP contribution in [0.1, 0.15) is 31.5 Å². The van der Waals surface area contributed by atoms with Crippen molar-refractivity contribution in [3.05, 3.63) is 114 Å². The van der Waals surface area contributed by atoms with Gasteiger partial charge in [0.1, 0.15) is 5.25 Å². The summed E-state index contributed by atoms with van der Waals surface area (Å²) in [6.07, 6.45) is 0. The number of benzene rings is 4. The lowest BCUT2D eigenvalue weighted by Crippen LogP contribution is -2.19. The van der Waals surface area contributed by atoms with Gasteiger partial charge in [-0.1, -0.05) is 30.3 Å². The highest BCUT2D eigenvalue weighted by Gasteiger charge is 2.22. The third-order valence-corrected chi connectivity index (χ3v) is 7.02. The number of methoxy groups -OCH3 is 2. The van der Waals surface area contributed by atoms with Crippen molar-refractivity contribution in [2.24, 2.45) is 0 Å². The van der Waals surface area contributed by atoms with Crippen molar-refractivity contribution in [3.8, 4) is 11.5 Å². The monoisotopic (exact) mass is 542 g/mol. The third kappa shape index (κ3) is 6.97. The van der Waals surface area contributed by atoms with E-state index in [0.717, 1.165) is 10.5 Å². The molecule has 0 saturated carbocycles. The van der Waals surface area contributed by atoms with Gasteiger partial charge in [0.05, 0.1) is 19.8 Å². The van der Waals surface area contributed by atoms with E-state index < -0.39 is 11.2 Å². The van der Waals surface area contributed by atoms with Crippen LogP contribution in [0.2, 0.25) is 0 Å². The average molecular weight is 543 g/mol. The fourth-order valence-electron chi connectivity index (χ4n) is 3.74. The van der Waals surface area contributed by atoms with Crippen LogP contribution in [0.4, 0.5) is 11.4 Å². The Bertz CT molecular complexity index is 1460. The zero-order valence-corrected chi connectivity index (χ0v) is 22.0. The van der Waals surface area contributed by atoms with Crippen LogP contribution in [0.25, 0.3) is 0 Å². The number of rotatable bonds is 10. The number of amides is 2. The topological polar surface area (TPSA) is 114 Å². The van der Waals surface area contributed by atoms with Gasteiger partial charge in [-0.3, -0.25) is 9.59 Å². The molecule has 0 aliphatic rings. The summed E-state index contributed by atoms with van der Waals surface area (Å²) in [5, 5.41) is 14.3. The minimum absolute atomic E-state index is 0.139. The van der Waals surface area contributed by atoms with Crippen LogP contribution in [0.3, 0.4) is 0 Å². The molecule has 8 nitrogen and oxygen atoms in total. The summed E-state index contributed by atoms with van der Waals surface area (Å²) in [5.41, 5.74) is 2.47. The lowest BCUT2D eigenvalue weighted by molar-refractivity contribution is -0.115. The first kappa shape index (κ1) is 27.3. The van der Waals surface area contributed by atoms with Gasteiger partial charge in [0, 0.05) is 21.8 Å². The first-order chi connectivity index (χ1) is 18.9. The second-order valence-electron chi connectivity index (χ2n) is 8.33. The molecule has 2 amide bonds. The zero-order chi connectivity index (χ0) is 27.8. The van der Waals surface area contributed by atoms with Gasteiger partial charge in [-0.05, 0) is 72.3 Å². The van der Waals surface area contributed by atoms with Gasteiger partial charge in [0.15, 0.2) is 11.5 Å². The molecule has 3 N–H and O–H groups in total. The van der Waals surface area contributed by atoms with Gasteiger partial charge in [-0.15, -0.1) is 11.8 Å². The van der Waals surface area contributed by atoms with Gasteiger partial charge in [0.2, 0.25) is 5.91 Å². The zero-order valence-electron chi connectivity index (χ0n) is 21.2. The van der Waals surface area contributed by atoms with Gasteiger partial charge < -0.3 is 25.2 Å². The lowest BCUT2D eigenvalue weighted by atomic mass is 10.1. The van der Waals surface area contributed by atoms with E-state index in [0.29, 0.717) is 28.4 Å². The predicted octanol–water partition coefficient (Wildman–Crippen LogP) is 6.13. The number of carbonyl (C=O) groups is 3. The molecule has 0 saturated heterocycles. The van der Waals surface area contributed by atoms with Crippen molar-refractivity contribution in [1.82, 2.24) is 0 Å². The molecule has 0 fully saturated rings. The minimum atomic E-state index is -1.03. The Morgan fingerprint density at radius 3 is 1.92 bits per heavy atom. The second kappa shape index (κ2) is 12.7. The summed E-state index contributed by atoms with van der Waals surface area (Å²) in [7, 11) is 3.04. The maximum Gasteiger partial charge on any atom is 0.335 e. The molecule has 1 unspecified atom stereocenters. The van der Waals surface area contributed by atoms with E-state index in [1.165, 1.54) is 38.1 Å². The molecule has 4 rings (SSSR count). The molecule has 0 aliphatic heterocycles. The van der Waals surface area contributed by atoms with Gasteiger partial charge in [-0.25, -0.2) is 4.79 Å². The van der Waals surface area contributed by atoms with Crippen molar-refractivity contribution in [3.63, 3.8) is 0 Å². The van der Waals surface area contributed by atoms with Crippen LogP contribution in [0, 0.1) is 0 Å². The van der Waals surface area contributed by atoms with Crippen LogP contribution in [-0.2, 0) is 4.79 Å². The maximum atomic E-state index is 13.3. The largest absolute Gasteiger partial charge is 0.493 e. The highest BCUT2D eigenvalue weighted by Crippen LogP contribution is 2.37. The van der Waals surface area contributed by atoms with Crippen LogP contribution in [0.5, 0.6) is 11.5 Å². The van der Waals surface area contributed by atoms with Crippen molar-refractivity contribution in [2.45, 2.75) is 10.1 Å². The van der Waals surface area contributed by atoms with E-state index >= 15 is 0 Å². The Labute approximate surface area is 230 Å². The van der Waals surface area contributed by atoms with E-state index in [4.69, 9.17) is 14.6 Å². The number of carbonyl (C=O) groups excluding carboxylic acids is 2. The molecule has 1 atom stereocenters. The fourth-order valence-corrected chi connectivity index (χ4v) is 4.76. The number of carboxylic acid groups (broad SMARTS) is 1.